The van der Waals surface area contributed by atoms with Crippen molar-refractivity contribution in [3.63, 3.8) is 0 Å². The predicted molar refractivity (Wildman–Crippen MR) is 142 cm³/mol. The maximum atomic E-state index is 13.6. The van der Waals surface area contributed by atoms with Crippen LogP contribution in [-0.4, -0.2) is 49.5 Å². The van der Waals surface area contributed by atoms with Crippen molar-refractivity contribution >= 4 is 50.7 Å². The van der Waals surface area contributed by atoms with E-state index in [1.54, 1.807) is 37.3 Å². The van der Waals surface area contributed by atoms with Crippen LogP contribution in [-0.2, 0) is 26.2 Å². The van der Waals surface area contributed by atoms with E-state index in [2.05, 4.69) is 5.32 Å². The Morgan fingerprint density at radius 3 is 2.09 bits per heavy atom. The molecule has 2 aromatic rings. The summed E-state index contributed by atoms with van der Waals surface area (Å²) in [6, 6.07) is 9.31. The second-order valence-corrected chi connectivity index (χ2v) is 12.5. The van der Waals surface area contributed by atoms with Crippen LogP contribution in [0.2, 0.25) is 10.0 Å². The molecule has 35 heavy (non-hydrogen) atoms. The van der Waals surface area contributed by atoms with Gasteiger partial charge >= 0.3 is 0 Å². The summed E-state index contributed by atoms with van der Waals surface area (Å²) < 4.78 is 26.4. The lowest BCUT2D eigenvalue weighted by molar-refractivity contribution is -0.140. The predicted octanol–water partition coefficient (Wildman–Crippen LogP) is 4.71. The molecule has 7 nitrogen and oxygen atoms in total. The van der Waals surface area contributed by atoms with Crippen LogP contribution in [0.3, 0.4) is 0 Å². The first-order valence-corrected chi connectivity index (χ1v) is 13.7. The highest BCUT2D eigenvalue weighted by Crippen LogP contribution is 2.25. The number of nitrogens with one attached hydrogen (secondary N) is 1. The summed E-state index contributed by atoms with van der Waals surface area (Å²) in [5.74, 6) is -0.912. The molecule has 1 N–H and O–H groups in total. The van der Waals surface area contributed by atoms with Crippen molar-refractivity contribution in [2.75, 3.05) is 17.1 Å². The maximum Gasteiger partial charge on any atom is 0.244 e. The lowest BCUT2D eigenvalue weighted by Gasteiger charge is -2.33. The zero-order chi connectivity index (χ0) is 26.7. The summed E-state index contributed by atoms with van der Waals surface area (Å²) in [6.45, 7) is 10.4. The SMILES string of the molecule is Cc1cc(C)cc(N(CC(=O)N(Cc2ccc(Cl)cc2Cl)[C@@H](C)C(=O)NC(C)(C)C)S(C)(=O)=O)c1. The Balaban J connectivity index is 2.47. The standard InChI is InChI=1S/C25H33Cl2N3O4S/c1-16-10-17(2)12-21(11-16)30(35(7,33)34)15-23(31)29(18(3)24(32)28-25(4,5)6)14-19-8-9-20(26)13-22(19)27/h8-13,18H,14-15H2,1-7H3,(H,28,32)/t18-/m0/s1. The molecular weight excluding hydrogens is 509 g/mol. The smallest absolute Gasteiger partial charge is 0.244 e. The fourth-order valence-electron chi connectivity index (χ4n) is 3.60. The molecule has 0 aliphatic heterocycles. The van der Waals surface area contributed by atoms with Gasteiger partial charge in [-0.3, -0.25) is 13.9 Å². The van der Waals surface area contributed by atoms with Gasteiger partial charge in [-0.25, -0.2) is 8.42 Å². The van der Waals surface area contributed by atoms with Gasteiger partial charge in [-0.15, -0.1) is 0 Å². The number of hydrogen-bond acceptors (Lipinski definition) is 4. The molecule has 0 aliphatic rings. The molecule has 10 heteroatoms. The zero-order valence-electron chi connectivity index (χ0n) is 21.1. The third-order valence-electron chi connectivity index (χ3n) is 5.19. The van der Waals surface area contributed by atoms with Crippen LogP contribution in [0.1, 0.15) is 44.4 Å². The summed E-state index contributed by atoms with van der Waals surface area (Å²) in [7, 11) is -3.80. The van der Waals surface area contributed by atoms with E-state index in [0.717, 1.165) is 21.7 Å². The fourth-order valence-corrected chi connectivity index (χ4v) is 4.90. The summed E-state index contributed by atoms with van der Waals surface area (Å²) >= 11 is 12.4. The quantitative estimate of drug-likeness (QED) is 0.524. The number of sulfonamides is 1. The van der Waals surface area contributed by atoms with Gasteiger partial charge < -0.3 is 10.2 Å². The Labute approximate surface area is 218 Å². The molecule has 0 bridgehead atoms. The third-order valence-corrected chi connectivity index (χ3v) is 6.92. The number of rotatable bonds is 8. The highest BCUT2D eigenvalue weighted by molar-refractivity contribution is 7.92. The average Bonchev–Trinajstić information content (AvgIpc) is 2.67. The van der Waals surface area contributed by atoms with Gasteiger partial charge in [0.15, 0.2) is 0 Å². The average molecular weight is 543 g/mol. The summed E-state index contributed by atoms with van der Waals surface area (Å²) in [6.07, 6.45) is 1.05. The van der Waals surface area contributed by atoms with Crippen LogP contribution in [0.5, 0.6) is 0 Å². The second-order valence-electron chi connectivity index (χ2n) is 9.79. The van der Waals surface area contributed by atoms with Crippen LogP contribution >= 0.6 is 23.2 Å². The van der Waals surface area contributed by atoms with Crippen LogP contribution in [0, 0.1) is 13.8 Å². The molecule has 0 aliphatic carbocycles. The van der Waals surface area contributed by atoms with E-state index >= 15 is 0 Å². The van der Waals surface area contributed by atoms with Crippen molar-refractivity contribution in [2.45, 2.75) is 59.7 Å². The van der Waals surface area contributed by atoms with Gasteiger partial charge in [-0.05, 0) is 82.5 Å². The largest absolute Gasteiger partial charge is 0.350 e. The molecular formula is C25H33Cl2N3O4S. The van der Waals surface area contributed by atoms with Crippen molar-refractivity contribution in [2.24, 2.45) is 0 Å². The third kappa shape index (κ3) is 8.40. The molecule has 1 atom stereocenters. The highest BCUT2D eigenvalue weighted by Gasteiger charge is 2.31. The normalized spacial score (nSPS) is 12.7. The number of nitrogens with zero attached hydrogens (tertiary/aromatic N) is 2. The molecule has 0 saturated heterocycles. The minimum atomic E-state index is -3.80. The number of carbonyl (C=O) groups excluding carboxylic acids is 2. The van der Waals surface area contributed by atoms with Crippen LogP contribution in [0.25, 0.3) is 0 Å². The number of aryl methyl sites for hydroxylation is 2. The minimum Gasteiger partial charge on any atom is -0.350 e. The topological polar surface area (TPSA) is 86.8 Å². The Hall–Kier alpha value is -2.29. The highest BCUT2D eigenvalue weighted by atomic mass is 35.5. The van der Waals surface area contributed by atoms with Gasteiger partial charge in [0, 0.05) is 22.1 Å². The Bertz CT molecular complexity index is 1190. The molecule has 0 aromatic heterocycles. The monoisotopic (exact) mass is 541 g/mol. The number of halogens is 2. The molecule has 192 valence electrons. The molecule has 0 saturated carbocycles. The Morgan fingerprint density at radius 1 is 1.03 bits per heavy atom. The van der Waals surface area contributed by atoms with Crippen molar-refractivity contribution in [3.05, 3.63) is 63.1 Å². The van der Waals surface area contributed by atoms with E-state index < -0.39 is 34.1 Å². The van der Waals surface area contributed by atoms with Crippen LogP contribution < -0.4 is 9.62 Å². The number of benzene rings is 2. The van der Waals surface area contributed by atoms with E-state index in [9.17, 15) is 18.0 Å². The number of hydrogen-bond donors (Lipinski definition) is 1. The van der Waals surface area contributed by atoms with Gasteiger partial charge in [0.05, 0.1) is 11.9 Å². The van der Waals surface area contributed by atoms with Crippen LogP contribution in [0.4, 0.5) is 5.69 Å². The first kappa shape index (κ1) is 28.9. The summed E-state index contributed by atoms with van der Waals surface area (Å²) in [5, 5.41) is 3.65. The van der Waals surface area contributed by atoms with Gasteiger partial charge in [0.25, 0.3) is 0 Å². The summed E-state index contributed by atoms with van der Waals surface area (Å²) in [4.78, 5) is 27.9. The molecule has 0 spiro atoms. The molecule has 2 aromatic carbocycles. The first-order chi connectivity index (χ1) is 16.0. The van der Waals surface area contributed by atoms with Gasteiger partial charge in [0.1, 0.15) is 12.6 Å². The van der Waals surface area contributed by atoms with Crippen molar-refractivity contribution in [3.8, 4) is 0 Å². The minimum absolute atomic E-state index is 0.00197. The van der Waals surface area contributed by atoms with E-state index in [1.807, 2.05) is 40.7 Å². The number of anilines is 1. The van der Waals surface area contributed by atoms with Crippen molar-refractivity contribution in [1.29, 1.82) is 0 Å². The van der Waals surface area contributed by atoms with Crippen LogP contribution in [0.15, 0.2) is 36.4 Å². The fraction of sp³-hybridized carbons (Fsp3) is 0.440. The van der Waals surface area contributed by atoms with Gasteiger partial charge in [0.2, 0.25) is 21.8 Å². The lowest BCUT2D eigenvalue weighted by atomic mass is 10.1. The second kappa shape index (κ2) is 11.2. The van der Waals surface area contributed by atoms with Crippen molar-refractivity contribution < 1.29 is 18.0 Å². The molecule has 0 fully saturated rings. The van der Waals surface area contributed by atoms with Crippen molar-refractivity contribution in [1.82, 2.24) is 10.2 Å². The van der Waals surface area contributed by atoms with Gasteiger partial charge in [-0.2, -0.15) is 0 Å². The first-order valence-electron chi connectivity index (χ1n) is 11.1. The van der Waals surface area contributed by atoms with E-state index in [4.69, 9.17) is 23.2 Å². The maximum absolute atomic E-state index is 13.6. The van der Waals surface area contributed by atoms with Gasteiger partial charge in [-0.1, -0.05) is 35.3 Å². The molecule has 0 radical (unpaired) electrons. The molecule has 0 heterocycles. The Kier molecular flexibility index (Phi) is 9.25. The lowest BCUT2D eigenvalue weighted by Crippen LogP contribution is -2.54. The Morgan fingerprint density at radius 2 is 1.60 bits per heavy atom. The summed E-state index contributed by atoms with van der Waals surface area (Å²) in [5.41, 5.74) is 2.18. The molecule has 0 unspecified atom stereocenters. The molecule has 2 rings (SSSR count). The molecule has 2 amide bonds. The van der Waals surface area contributed by atoms with E-state index in [-0.39, 0.29) is 12.5 Å². The van der Waals surface area contributed by atoms with E-state index in [0.29, 0.717) is 21.3 Å². The van der Waals surface area contributed by atoms with E-state index in [1.165, 1.54) is 4.90 Å². The number of amides is 2. The number of carbonyl (C=O) groups is 2. The zero-order valence-corrected chi connectivity index (χ0v) is 23.5.